The van der Waals surface area contributed by atoms with Gasteiger partial charge in [0.1, 0.15) is 11.6 Å². The van der Waals surface area contributed by atoms with E-state index in [9.17, 15) is 9.18 Å². The average molecular weight is 219 g/mol. The predicted octanol–water partition coefficient (Wildman–Crippen LogP) is 2.84. The Bertz CT molecular complexity index is 542. The van der Waals surface area contributed by atoms with Gasteiger partial charge >= 0.3 is 0 Å². The van der Waals surface area contributed by atoms with Gasteiger partial charge in [-0.2, -0.15) is 0 Å². The zero-order valence-corrected chi connectivity index (χ0v) is 9.46. The predicted molar refractivity (Wildman–Crippen MR) is 61.9 cm³/mol. The molecule has 1 heterocycles. The quantitative estimate of drug-likeness (QED) is 0.778. The fraction of sp³-hybridized carbons (Fsp3) is 0.308. The molecule has 0 aliphatic rings. The number of aryl methyl sites for hydroxylation is 2. The molecule has 0 amide bonds. The Balaban J connectivity index is 2.47. The van der Waals surface area contributed by atoms with Gasteiger partial charge in [0.25, 0.3) is 0 Å². The van der Waals surface area contributed by atoms with Crippen LogP contribution < -0.4 is 0 Å². The highest BCUT2D eigenvalue weighted by molar-refractivity contribution is 5.85. The molecule has 2 rings (SSSR count). The molecule has 2 aromatic rings. The molecule has 0 saturated carbocycles. The van der Waals surface area contributed by atoms with E-state index in [1.54, 1.807) is 17.6 Å². The third-order valence-corrected chi connectivity index (χ3v) is 2.78. The minimum atomic E-state index is -0.214. The maximum atomic E-state index is 13.6. The van der Waals surface area contributed by atoms with Crippen LogP contribution in [0.1, 0.15) is 18.9 Å². The Morgan fingerprint density at radius 3 is 2.88 bits per heavy atom. The van der Waals surface area contributed by atoms with E-state index in [0.717, 1.165) is 10.9 Å². The summed E-state index contributed by atoms with van der Waals surface area (Å²) in [4.78, 5) is 10.9. The van der Waals surface area contributed by atoms with Gasteiger partial charge in [-0.3, -0.25) is 0 Å². The second-order valence-electron chi connectivity index (χ2n) is 4.10. The molecule has 1 aromatic carbocycles. The number of fused-ring (bicyclic) bond motifs is 1. The molecule has 16 heavy (non-hydrogen) atoms. The van der Waals surface area contributed by atoms with Crippen molar-refractivity contribution in [3.05, 3.63) is 35.8 Å². The molecule has 84 valence electrons. The zero-order valence-electron chi connectivity index (χ0n) is 9.46. The van der Waals surface area contributed by atoms with Crippen molar-refractivity contribution in [2.45, 2.75) is 19.8 Å². The molecule has 0 aliphatic carbocycles. The van der Waals surface area contributed by atoms with Crippen molar-refractivity contribution in [1.82, 2.24) is 4.57 Å². The minimum Gasteiger partial charge on any atom is -0.348 e. The largest absolute Gasteiger partial charge is 0.348 e. The number of carbonyl (C=O) groups is 1. The summed E-state index contributed by atoms with van der Waals surface area (Å²) in [6.45, 7) is 1.58. The lowest BCUT2D eigenvalue weighted by Crippen LogP contribution is -1.93. The van der Waals surface area contributed by atoms with E-state index in [4.69, 9.17) is 0 Å². The summed E-state index contributed by atoms with van der Waals surface area (Å²) in [6.07, 6.45) is 3.09. The number of para-hydroxylation sites is 1. The van der Waals surface area contributed by atoms with Crippen molar-refractivity contribution in [3.63, 3.8) is 0 Å². The van der Waals surface area contributed by atoms with E-state index in [1.165, 1.54) is 6.07 Å². The molecule has 2 nitrogen and oxygen atoms in total. The zero-order chi connectivity index (χ0) is 11.7. The monoisotopic (exact) mass is 219 g/mol. The van der Waals surface area contributed by atoms with E-state index in [-0.39, 0.29) is 11.6 Å². The van der Waals surface area contributed by atoms with Crippen molar-refractivity contribution in [2.24, 2.45) is 7.05 Å². The lowest BCUT2D eigenvalue weighted by atomic mass is 10.1. The van der Waals surface area contributed by atoms with E-state index in [1.807, 2.05) is 19.3 Å². The second-order valence-corrected chi connectivity index (χ2v) is 4.10. The van der Waals surface area contributed by atoms with Crippen molar-refractivity contribution in [3.8, 4) is 0 Å². The molecule has 0 spiro atoms. The van der Waals surface area contributed by atoms with Gasteiger partial charge < -0.3 is 9.36 Å². The van der Waals surface area contributed by atoms with E-state index in [0.29, 0.717) is 18.4 Å². The molecule has 3 heteroatoms. The van der Waals surface area contributed by atoms with Crippen LogP contribution in [0.25, 0.3) is 10.9 Å². The summed E-state index contributed by atoms with van der Waals surface area (Å²) in [5.41, 5.74) is 1.65. The SMILES string of the molecule is CC(=O)CCc1cn(C)c2c(F)cccc12. The van der Waals surface area contributed by atoms with Crippen molar-refractivity contribution >= 4 is 16.7 Å². The van der Waals surface area contributed by atoms with E-state index < -0.39 is 0 Å². The Morgan fingerprint density at radius 2 is 2.19 bits per heavy atom. The number of nitrogens with zero attached hydrogens (tertiary/aromatic N) is 1. The van der Waals surface area contributed by atoms with Crippen LogP contribution >= 0.6 is 0 Å². The highest BCUT2D eigenvalue weighted by Crippen LogP contribution is 2.24. The van der Waals surface area contributed by atoms with Crippen molar-refractivity contribution in [2.75, 3.05) is 0 Å². The van der Waals surface area contributed by atoms with Gasteiger partial charge in [-0.15, -0.1) is 0 Å². The highest BCUT2D eigenvalue weighted by Gasteiger charge is 2.10. The number of aromatic nitrogens is 1. The Hall–Kier alpha value is -1.64. The second kappa shape index (κ2) is 4.08. The molecule has 0 N–H and O–H groups in total. The molecule has 0 fully saturated rings. The fourth-order valence-corrected chi connectivity index (χ4v) is 2.01. The molecule has 0 atom stereocenters. The molecule has 0 aliphatic heterocycles. The van der Waals surface area contributed by atoms with Gasteiger partial charge in [0.05, 0.1) is 5.52 Å². The standard InChI is InChI=1S/C13H14FNO/c1-9(16)6-7-10-8-15(2)13-11(10)4-3-5-12(13)14/h3-5,8H,6-7H2,1-2H3. The van der Waals surface area contributed by atoms with Crippen LogP contribution in [0.4, 0.5) is 4.39 Å². The van der Waals surface area contributed by atoms with Gasteiger partial charge in [-0.25, -0.2) is 4.39 Å². The topological polar surface area (TPSA) is 22.0 Å². The van der Waals surface area contributed by atoms with Crippen LogP contribution in [-0.2, 0) is 18.3 Å². The van der Waals surface area contributed by atoms with Crippen LogP contribution in [0.5, 0.6) is 0 Å². The molecule has 0 unspecified atom stereocenters. The molecule has 1 aromatic heterocycles. The third-order valence-electron chi connectivity index (χ3n) is 2.78. The third kappa shape index (κ3) is 1.85. The Kier molecular flexibility index (Phi) is 2.77. The number of ketones is 1. The molecular weight excluding hydrogens is 205 g/mol. The fourth-order valence-electron chi connectivity index (χ4n) is 2.01. The first-order valence-corrected chi connectivity index (χ1v) is 5.31. The summed E-state index contributed by atoms with van der Waals surface area (Å²) in [5, 5.41) is 0.906. The molecule has 0 bridgehead atoms. The summed E-state index contributed by atoms with van der Waals surface area (Å²) in [6, 6.07) is 5.06. The van der Waals surface area contributed by atoms with E-state index in [2.05, 4.69) is 0 Å². The number of Topliss-reactive ketones (excluding diaryl/α,β-unsaturated/α-hetero) is 1. The van der Waals surface area contributed by atoms with Gasteiger partial charge in [0.15, 0.2) is 0 Å². The van der Waals surface area contributed by atoms with Crippen LogP contribution in [0, 0.1) is 5.82 Å². The summed E-state index contributed by atoms with van der Waals surface area (Å²) in [5.74, 6) is -0.0533. The van der Waals surface area contributed by atoms with Crippen LogP contribution in [0.2, 0.25) is 0 Å². The summed E-state index contributed by atoms with van der Waals surface area (Å²) < 4.78 is 15.3. The Morgan fingerprint density at radius 1 is 1.44 bits per heavy atom. The van der Waals surface area contributed by atoms with Gasteiger partial charge in [0.2, 0.25) is 0 Å². The maximum absolute atomic E-state index is 13.6. The number of hydrogen-bond acceptors (Lipinski definition) is 1. The summed E-state index contributed by atoms with van der Waals surface area (Å²) in [7, 11) is 1.82. The average Bonchev–Trinajstić information content (AvgIpc) is 2.54. The summed E-state index contributed by atoms with van der Waals surface area (Å²) >= 11 is 0. The maximum Gasteiger partial charge on any atom is 0.147 e. The lowest BCUT2D eigenvalue weighted by molar-refractivity contribution is -0.116. The molecule has 0 saturated heterocycles. The van der Waals surface area contributed by atoms with Crippen LogP contribution in [-0.4, -0.2) is 10.4 Å². The van der Waals surface area contributed by atoms with Gasteiger partial charge in [-0.05, 0) is 25.0 Å². The smallest absolute Gasteiger partial charge is 0.147 e. The van der Waals surface area contributed by atoms with Gasteiger partial charge in [-0.1, -0.05) is 12.1 Å². The molecular formula is C13H14FNO. The van der Waals surface area contributed by atoms with Crippen molar-refractivity contribution < 1.29 is 9.18 Å². The lowest BCUT2D eigenvalue weighted by Gasteiger charge is -1.97. The highest BCUT2D eigenvalue weighted by atomic mass is 19.1. The van der Waals surface area contributed by atoms with Crippen LogP contribution in [0.3, 0.4) is 0 Å². The Labute approximate surface area is 93.7 Å². The number of carbonyl (C=O) groups excluding carboxylic acids is 1. The molecule has 0 radical (unpaired) electrons. The van der Waals surface area contributed by atoms with Gasteiger partial charge in [0, 0.05) is 25.1 Å². The number of benzene rings is 1. The first-order valence-electron chi connectivity index (χ1n) is 5.31. The number of rotatable bonds is 3. The first kappa shape index (κ1) is 10.9. The minimum absolute atomic E-state index is 0.161. The first-order chi connectivity index (χ1) is 7.59. The van der Waals surface area contributed by atoms with E-state index >= 15 is 0 Å². The van der Waals surface area contributed by atoms with Crippen molar-refractivity contribution in [1.29, 1.82) is 0 Å². The number of halogens is 1. The number of hydrogen-bond donors (Lipinski definition) is 0. The normalized spacial score (nSPS) is 10.9. The van der Waals surface area contributed by atoms with Crippen LogP contribution in [0.15, 0.2) is 24.4 Å².